The van der Waals surface area contributed by atoms with E-state index in [1.54, 1.807) is 0 Å². The Labute approximate surface area is 170 Å². The third-order valence-electron chi connectivity index (χ3n) is 9.91. The molecule has 1 unspecified atom stereocenters. The standard InChI is InChI=1S/C24H38N2O2/c1-15-12-16-13-17(26-28-18-8-11-25-14-18)6-9-23(16,2)20-7-10-24(3)19(22(15)20)4-5-21(24)27/h15-16,18-20,22,25H,4-14H2,1-3H3/b26-17-/t15-,16?,18-,19+,20+,22+,23+,24+/m1/s1. The molecule has 0 radical (unpaired) electrons. The second-order valence-corrected chi connectivity index (χ2v) is 11.2. The summed E-state index contributed by atoms with van der Waals surface area (Å²) in [4.78, 5) is 18.5. The number of rotatable bonds is 2. The van der Waals surface area contributed by atoms with Crippen molar-refractivity contribution in [3.05, 3.63) is 0 Å². The van der Waals surface area contributed by atoms with Gasteiger partial charge in [0.15, 0.2) is 0 Å². The molecule has 4 aliphatic carbocycles. The van der Waals surface area contributed by atoms with Gasteiger partial charge in [-0.05, 0) is 86.5 Å². The van der Waals surface area contributed by atoms with Crippen LogP contribution < -0.4 is 5.32 Å². The van der Waals surface area contributed by atoms with Gasteiger partial charge in [-0.1, -0.05) is 25.9 Å². The summed E-state index contributed by atoms with van der Waals surface area (Å²) < 4.78 is 0. The summed E-state index contributed by atoms with van der Waals surface area (Å²) in [7, 11) is 0. The lowest BCUT2D eigenvalue weighted by molar-refractivity contribution is -0.143. The highest BCUT2D eigenvalue weighted by Crippen LogP contribution is 2.66. The highest BCUT2D eigenvalue weighted by Gasteiger charge is 2.61. The van der Waals surface area contributed by atoms with Gasteiger partial charge in [0, 0.05) is 24.8 Å². The van der Waals surface area contributed by atoms with Crippen LogP contribution in [0.4, 0.5) is 0 Å². The minimum absolute atomic E-state index is 0.0108. The summed E-state index contributed by atoms with van der Waals surface area (Å²) in [6.07, 6.45) is 10.5. The largest absolute Gasteiger partial charge is 0.391 e. The first-order valence-corrected chi connectivity index (χ1v) is 11.9. The van der Waals surface area contributed by atoms with Gasteiger partial charge >= 0.3 is 0 Å². The first-order valence-electron chi connectivity index (χ1n) is 11.9. The van der Waals surface area contributed by atoms with E-state index in [9.17, 15) is 4.79 Å². The zero-order valence-electron chi connectivity index (χ0n) is 18.0. The van der Waals surface area contributed by atoms with Gasteiger partial charge in [-0.2, -0.15) is 0 Å². The Hall–Kier alpha value is -0.900. The molecule has 0 spiro atoms. The lowest BCUT2D eigenvalue weighted by Crippen LogP contribution is -2.56. The average Bonchev–Trinajstić information content (AvgIpc) is 3.29. The van der Waals surface area contributed by atoms with Crippen molar-refractivity contribution >= 4 is 11.5 Å². The number of carbonyl (C=O) groups excluding carboxylic acids is 1. The monoisotopic (exact) mass is 386 g/mol. The molecule has 0 bridgehead atoms. The molecule has 1 N–H and O–H groups in total. The summed E-state index contributed by atoms with van der Waals surface area (Å²) in [6, 6.07) is 0. The van der Waals surface area contributed by atoms with E-state index in [4.69, 9.17) is 4.84 Å². The van der Waals surface area contributed by atoms with Gasteiger partial charge in [0.2, 0.25) is 0 Å². The molecule has 4 saturated carbocycles. The maximum Gasteiger partial charge on any atom is 0.141 e. The molecule has 156 valence electrons. The van der Waals surface area contributed by atoms with E-state index in [0.29, 0.717) is 17.1 Å². The van der Waals surface area contributed by atoms with Crippen LogP contribution in [0, 0.1) is 40.4 Å². The third kappa shape index (κ3) is 2.80. The topological polar surface area (TPSA) is 50.7 Å². The Morgan fingerprint density at radius 2 is 1.96 bits per heavy atom. The van der Waals surface area contributed by atoms with Crippen molar-refractivity contribution in [2.45, 2.75) is 84.7 Å². The smallest absolute Gasteiger partial charge is 0.141 e. The molecular formula is C24H38N2O2. The van der Waals surface area contributed by atoms with Crippen LogP contribution in [0.25, 0.3) is 0 Å². The number of nitrogens with zero attached hydrogens (tertiary/aromatic N) is 1. The molecular weight excluding hydrogens is 348 g/mol. The quantitative estimate of drug-likeness (QED) is 0.707. The fourth-order valence-electron chi connectivity index (χ4n) is 8.16. The predicted octanol–water partition coefficient (Wildman–Crippen LogP) is 4.58. The fourth-order valence-corrected chi connectivity index (χ4v) is 8.16. The number of carbonyl (C=O) groups is 1. The van der Waals surface area contributed by atoms with Crippen LogP contribution in [0.1, 0.15) is 78.6 Å². The SMILES string of the molecule is C[C@@H]1CC2C/C(=N\O[C@@H]3CCNC3)CC[C@]2(C)[C@H]2CC[C@]3(C)C(=O)CC[C@H]3[C@H]12. The fraction of sp³-hybridized carbons (Fsp3) is 0.917. The molecule has 28 heavy (non-hydrogen) atoms. The van der Waals surface area contributed by atoms with Gasteiger partial charge in [-0.25, -0.2) is 0 Å². The van der Waals surface area contributed by atoms with Gasteiger partial charge in [0.05, 0.1) is 5.71 Å². The summed E-state index contributed by atoms with van der Waals surface area (Å²) in [5.74, 6) is 4.23. The van der Waals surface area contributed by atoms with E-state index in [0.717, 1.165) is 75.3 Å². The molecule has 4 nitrogen and oxygen atoms in total. The van der Waals surface area contributed by atoms with Crippen LogP contribution in [-0.4, -0.2) is 30.7 Å². The van der Waals surface area contributed by atoms with Gasteiger partial charge in [-0.15, -0.1) is 0 Å². The minimum atomic E-state index is -0.0108. The van der Waals surface area contributed by atoms with Gasteiger partial charge < -0.3 is 10.2 Å². The number of Topliss-reactive ketones (excluding diaryl/α,β-unsaturated/α-hetero) is 1. The summed E-state index contributed by atoms with van der Waals surface area (Å²) in [6.45, 7) is 9.36. The Morgan fingerprint density at radius 3 is 2.75 bits per heavy atom. The maximum atomic E-state index is 12.7. The maximum absolute atomic E-state index is 12.7. The van der Waals surface area contributed by atoms with E-state index in [-0.39, 0.29) is 11.5 Å². The molecule has 1 heterocycles. The lowest BCUT2D eigenvalue weighted by Gasteiger charge is -2.61. The van der Waals surface area contributed by atoms with Crippen molar-refractivity contribution in [3.8, 4) is 0 Å². The Balaban J connectivity index is 1.34. The van der Waals surface area contributed by atoms with Crippen LogP contribution in [-0.2, 0) is 9.63 Å². The number of fused-ring (bicyclic) bond motifs is 5. The number of ketones is 1. The second kappa shape index (κ2) is 6.82. The van der Waals surface area contributed by atoms with Gasteiger partial charge in [-0.3, -0.25) is 4.79 Å². The molecule has 8 atom stereocenters. The molecule has 5 fully saturated rings. The average molecular weight is 387 g/mol. The first-order chi connectivity index (χ1) is 13.4. The van der Waals surface area contributed by atoms with E-state index >= 15 is 0 Å². The molecule has 0 aromatic rings. The van der Waals surface area contributed by atoms with Gasteiger partial charge in [0.25, 0.3) is 0 Å². The predicted molar refractivity (Wildman–Crippen MR) is 111 cm³/mol. The van der Waals surface area contributed by atoms with Gasteiger partial charge in [0.1, 0.15) is 11.9 Å². The van der Waals surface area contributed by atoms with E-state index in [1.807, 2.05) is 0 Å². The Bertz CT molecular complexity index is 670. The molecule has 0 aromatic heterocycles. The van der Waals surface area contributed by atoms with Crippen molar-refractivity contribution in [1.82, 2.24) is 5.32 Å². The molecule has 5 aliphatic rings. The van der Waals surface area contributed by atoms with Crippen LogP contribution in [0.15, 0.2) is 5.16 Å². The Kier molecular flexibility index (Phi) is 4.65. The third-order valence-corrected chi connectivity index (χ3v) is 9.91. The zero-order valence-corrected chi connectivity index (χ0v) is 18.0. The summed E-state index contributed by atoms with van der Waals surface area (Å²) >= 11 is 0. The number of nitrogens with one attached hydrogen (secondary N) is 1. The molecule has 0 amide bonds. The van der Waals surface area contributed by atoms with Crippen LogP contribution >= 0.6 is 0 Å². The summed E-state index contributed by atoms with van der Waals surface area (Å²) in [5.41, 5.74) is 1.72. The normalized spacial score (nSPS) is 52.2. The van der Waals surface area contributed by atoms with E-state index in [1.165, 1.54) is 25.0 Å². The second-order valence-electron chi connectivity index (χ2n) is 11.2. The van der Waals surface area contributed by atoms with Crippen LogP contribution in [0.3, 0.4) is 0 Å². The van der Waals surface area contributed by atoms with Crippen molar-refractivity contribution in [2.24, 2.45) is 45.6 Å². The summed E-state index contributed by atoms with van der Waals surface area (Å²) in [5, 5.41) is 7.98. The Morgan fingerprint density at radius 1 is 1.11 bits per heavy atom. The molecule has 5 rings (SSSR count). The molecule has 4 heteroatoms. The van der Waals surface area contributed by atoms with E-state index in [2.05, 4.69) is 31.2 Å². The van der Waals surface area contributed by atoms with Crippen LogP contribution in [0.2, 0.25) is 0 Å². The first kappa shape index (κ1) is 19.1. The highest BCUT2D eigenvalue weighted by molar-refractivity contribution is 5.87. The molecule has 1 aliphatic heterocycles. The van der Waals surface area contributed by atoms with Crippen molar-refractivity contribution in [1.29, 1.82) is 0 Å². The number of oxime groups is 1. The zero-order chi connectivity index (χ0) is 19.5. The lowest BCUT2D eigenvalue weighted by atomic mass is 9.43. The van der Waals surface area contributed by atoms with Crippen molar-refractivity contribution in [3.63, 3.8) is 0 Å². The van der Waals surface area contributed by atoms with E-state index < -0.39 is 0 Å². The van der Waals surface area contributed by atoms with Crippen LogP contribution in [0.5, 0.6) is 0 Å². The minimum Gasteiger partial charge on any atom is -0.391 e. The number of hydrogen-bond acceptors (Lipinski definition) is 4. The van der Waals surface area contributed by atoms with Crippen molar-refractivity contribution in [2.75, 3.05) is 13.1 Å². The van der Waals surface area contributed by atoms with Crippen molar-refractivity contribution < 1.29 is 9.63 Å². The molecule has 1 saturated heterocycles. The number of hydrogen-bond donors (Lipinski definition) is 1. The highest BCUT2D eigenvalue weighted by atomic mass is 16.6. The molecule has 0 aromatic carbocycles.